The van der Waals surface area contributed by atoms with Crippen molar-refractivity contribution in [1.82, 2.24) is 20.2 Å². The zero-order valence-corrected chi connectivity index (χ0v) is 18.0. The molecule has 1 aromatic heterocycles. The third-order valence-corrected chi connectivity index (χ3v) is 5.34. The molecule has 0 spiro atoms. The molecule has 11 heteroatoms. The number of alkyl halides is 2. The van der Waals surface area contributed by atoms with E-state index >= 15 is 0 Å². The lowest BCUT2D eigenvalue weighted by Gasteiger charge is -2.16. The molecule has 1 heterocycles. The molecule has 1 atom stereocenters. The topological polar surface area (TPSA) is 102 Å². The number of hydrogen-bond acceptors (Lipinski definition) is 6. The summed E-state index contributed by atoms with van der Waals surface area (Å²) >= 11 is 0.986. The number of nitrogens with zero attached hydrogens (tertiary/aromatic N) is 2. The number of benzene rings is 2. The van der Waals surface area contributed by atoms with Crippen molar-refractivity contribution in [2.24, 2.45) is 0 Å². The lowest BCUT2D eigenvalue weighted by Crippen LogP contribution is -2.42. The van der Waals surface area contributed by atoms with E-state index in [1.54, 1.807) is 38.1 Å². The highest BCUT2D eigenvalue weighted by molar-refractivity contribution is 8.00. The molecule has 0 saturated carbocycles. The lowest BCUT2D eigenvalue weighted by atomic mass is 10.2. The maximum atomic E-state index is 13.2. The first kappa shape index (κ1) is 23.2. The second-order valence-corrected chi connectivity index (χ2v) is 7.84. The van der Waals surface area contributed by atoms with E-state index < -0.39 is 29.4 Å². The number of hydrogen-bond donors (Lipinski definition) is 2. The molecule has 0 aliphatic carbocycles. The summed E-state index contributed by atoms with van der Waals surface area (Å²) < 4.78 is 30.5. The number of aromatic nitrogens is 2. The number of amides is 3. The maximum absolute atomic E-state index is 13.2. The molecule has 2 N–H and O–H groups in total. The molecule has 0 radical (unpaired) electrons. The predicted octanol–water partition coefficient (Wildman–Crippen LogP) is 3.31. The molecule has 0 fully saturated rings. The maximum Gasteiger partial charge on any atom is 0.387 e. The van der Waals surface area contributed by atoms with E-state index in [0.717, 1.165) is 11.8 Å². The lowest BCUT2D eigenvalue weighted by molar-refractivity contribution is -0.119. The highest BCUT2D eigenvalue weighted by Gasteiger charge is 2.21. The Balaban J connectivity index is 2.00. The fraction of sp³-hybridized carbons (Fsp3) is 0.238. The number of imide groups is 1. The standard InChI is InChI=1S/C21H20F2N4O4S/c1-3-24-20(30)26-17(28)12(2)32-21-25-16-7-5-4-6-15(16)18(29)27(21)13-8-10-14(11-9-13)31-19(22)23/h4-12,19H,3H2,1-2H3,(H2,24,26,28,30)/t12-/m1/s1. The zero-order valence-electron chi connectivity index (χ0n) is 17.2. The Morgan fingerprint density at radius 3 is 2.50 bits per heavy atom. The Bertz CT molecular complexity index is 1180. The van der Waals surface area contributed by atoms with E-state index in [1.807, 2.05) is 0 Å². The highest BCUT2D eigenvalue weighted by Crippen LogP contribution is 2.26. The van der Waals surface area contributed by atoms with Gasteiger partial charge in [-0.15, -0.1) is 0 Å². The predicted molar refractivity (Wildman–Crippen MR) is 117 cm³/mol. The molecule has 0 saturated heterocycles. The van der Waals surface area contributed by atoms with Crippen molar-refractivity contribution >= 4 is 34.6 Å². The Hall–Kier alpha value is -3.47. The Morgan fingerprint density at radius 2 is 1.84 bits per heavy atom. The van der Waals surface area contributed by atoms with Crippen molar-refractivity contribution in [2.45, 2.75) is 30.9 Å². The van der Waals surface area contributed by atoms with Crippen LogP contribution in [0.3, 0.4) is 0 Å². The number of carbonyl (C=O) groups excluding carboxylic acids is 2. The summed E-state index contributed by atoms with van der Waals surface area (Å²) in [5.74, 6) is -0.620. The smallest absolute Gasteiger partial charge is 0.387 e. The van der Waals surface area contributed by atoms with Crippen LogP contribution in [0.5, 0.6) is 5.75 Å². The van der Waals surface area contributed by atoms with Crippen LogP contribution in [0, 0.1) is 0 Å². The summed E-state index contributed by atoms with van der Waals surface area (Å²) in [6.07, 6.45) is 0. The summed E-state index contributed by atoms with van der Waals surface area (Å²) in [7, 11) is 0. The van der Waals surface area contributed by atoms with E-state index in [9.17, 15) is 23.2 Å². The van der Waals surface area contributed by atoms with Gasteiger partial charge in [-0.1, -0.05) is 23.9 Å². The van der Waals surface area contributed by atoms with Crippen LogP contribution in [0.1, 0.15) is 13.8 Å². The van der Waals surface area contributed by atoms with Crippen molar-refractivity contribution in [3.05, 3.63) is 58.9 Å². The molecule has 2 aromatic carbocycles. The van der Waals surface area contributed by atoms with Gasteiger partial charge in [0, 0.05) is 6.54 Å². The number of thioether (sulfide) groups is 1. The summed E-state index contributed by atoms with van der Waals surface area (Å²) in [4.78, 5) is 41.8. The van der Waals surface area contributed by atoms with Gasteiger partial charge in [-0.2, -0.15) is 8.78 Å². The van der Waals surface area contributed by atoms with Crippen LogP contribution >= 0.6 is 11.8 Å². The van der Waals surface area contributed by atoms with Crippen LogP contribution in [-0.2, 0) is 4.79 Å². The fourth-order valence-electron chi connectivity index (χ4n) is 2.83. The van der Waals surface area contributed by atoms with Gasteiger partial charge in [0.1, 0.15) is 5.75 Å². The summed E-state index contributed by atoms with van der Waals surface area (Å²) in [6.45, 7) is 0.681. The van der Waals surface area contributed by atoms with E-state index in [2.05, 4.69) is 20.4 Å². The molecule has 0 unspecified atom stereocenters. The first-order valence-electron chi connectivity index (χ1n) is 9.62. The van der Waals surface area contributed by atoms with Gasteiger partial charge in [0.25, 0.3) is 5.56 Å². The Morgan fingerprint density at radius 1 is 1.16 bits per heavy atom. The number of halogens is 2. The van der Waals surface area contributed by atoms with Crippen molar-refractivity contribution in [2.75, 3.05) is 6.54 Å². The number of rotatable bonds is 7. The third-order valence-electron chi connectivity index (χ3n) is 4.29. The minimum Gasteiger partial charge on any atom is -0.435 e. The zero-order chi connectivity index (χ0) is 23.3. The summed E-state index contributed by atoms with van der Waals surface area (Å²) in [6, 6.07) is 11.6. The van der Waals surface area contributed by atoms with Gasteiger partial charge >= 0.3 is 12.6 Å². The van der Waals surface area contributed by atoms with Crippen molar-refractivity contribution in [3.63, 3.8) is 0 Å². The monoisotopic (exact) mass is 462 g/mol. The van der Waals surface area contributed by atoms with E-state index in [1.165, 1.54) is 28.8 Å². The molecule has 32 heavy (non-hydrogen) atoms. The summed E-state index contributed by atoms with van der Waals surface area (Å²) in [5, 5.41) is 4.48. The van der Waals surface area contributed by atoms with Crippen LogP contribution in [-0.4, -0.2) is 39.9 Å². The van der Waals surface area contributed by atoms with Crippen molar-refractivity contribution in [1.29, 1.82) is 0 Å². The molecule has 0 aliphatic rings. The van der Waals surface area contributed by atoms with E-state index in [4.69, 9.17) is 0 Å². The van der Waals surface area contributed by atoms with Crippen LogP contribution in [0.2, 0.25) is 0 Å². The van der Waals surface area contributed by atoms with Crippen molar-refractivity contribution in [3.8, 4) is 11.4 Å². The minimum absolute atomic E-state index is 0.0607. The molecule has 3 rings (SSSR count). The number of para-hydroxylation sites is 1. The molecule has 0 bridgehead atoms. The molecular weight excluding hydrogens is 442 g/mol. The largest absolute Gasteiger partial charge is 0.435 e. The Kier molecular flexibility index (Phi) is 7.41. The molecule has 3 aromatic rings. The van der Waals surface area contributed by atoms with Crippen LogP contribution in [0.4, 0.5) is 13.6 Å². The van der Waals surface area contributed by atoms with Crippen molar-refractivity contribution < 1.29 is 23.1 Å². The molecule has 8 nitrogen and oxygen atoms in total. The molecule has 168 valence electrons. The average Bonchev–Trinajstić information content (AvgIpc) is 2.74. The first-order chi connectivity index (χ1) is 15.3. The average molecular weight is 462 g/mol. The van der Waals surface area contributed by atoms with Gasteiger partial charge in [0.2, 0.25) is 5.91 Å². The van der Waals surface area contributed by atoms with Gasteiger partial charge in [-0.05, 0) is 50.2 Å². The SMILES string of the molecule is CCNC(=O)NC(=O)[C@@H](C)Sc1nc2ccccc2c(=O)n1-c1ccc(OC(F)F)cc1. The Labute approximate surface area is 186 Å². The molecule has 3 amide bonds. The minimum atomic E-state index is -2.97. The van der Waals surface area contributed by atoms with E-state index in [-0.39, 0.29) is 10.9 Å². The van der Waals surface area contributed by atoms with Gasteiger partial charge < -0.3 is 10.1 Å². The third kappa shape index (κ3) is 5.41. The quantitative estimate of drug-likeness (QED) is 0.413. The second kappa shape index (κ2) is 10.2. The van der Waals surface area contributed by atoms with Gasteiger partial charge in [0.15, 0.2) is 5.16 Å². The molecule has 0 aliphatic heterocycles. The number of ether oxygens (including phenoxy) is 1. The van der Waals surface area contributed by atoms with E-state index in [0.29, 0.717) is 23.1 Å². The fourth-order valence-corrected chi connectivity index (χ4v) is 3.75. The van der Waals surface area contributed by atoms with Crippen LogP contribution in [0.25, 0.3) is 16.6 Å². The number of carbonyl (C=O) groups is 2. The number of fused-ring (bicyclic) bond motifs is 1. The summed E-state index contributed by atoms with van der Waals surface area (Å²) in [5.41, 5.74) is 0.399. The van der Waals surface area contributed by atoms with Gasteiger partial charge in [-0.25, -0.2) is 9.78 Å². The van der Waals surface area contributed by atoms with Gasteiger partial charge in [-0.3, -0.25) is 19.5 Å². The van der Waals surface area contributed by atoms with Crippen LogP contribution < -0.4 is 20.9 Å². The van der Waals surface area contributed by atoms with Gasteiger partial charge in [0.05, 0.1) is 21.8 Å². The van der Waals surface area contributed by atoms with Crippen LogP contribution in [0.15, 0.2) is 58.5 Å². The highest BCUT2D eigenvalue weighted by atomic mass is 32.2. The normalized spacial score (nSPS) is 11.9. The number of nitrogens with one attached hydrogen (secondary N) is 2. The number of urea groups is 1. The molecular formula is C21H20F2N4O4S. The first-order valence-corrected chi connectivity index (χ1v) is 10.5. The second-order valence-electron chi connectivity index (χ2n) is 6.53.